The van der Waals surface area contributed by atoms with Gasteiger partial charge in [-0.1, -0.05) is 24.3 Å². The maximum Gasteiger partial charge on any atom is 0.336 e. The van der Waals surface area contributed by atoms with E-state index in [0.717, 1.165) is 10.1 Å². The maximum atomic E-state index is 13.2. The zero-order valence-electron chi connectivity index (χ0n) is 16.4. The third-order valence-corrected chi connectivity index (χ3v) is 5.59. The quantitative estimate of drug-likeness (QED) is 0.537. The highest BCUT2D eigenvalue weighted by molar-refractivity contribution is 7.17. The summed E-state index contributed by atoms with van der Waals surface area (Å²) in [7, 11) is 1.52. The third kappa shape index (κ3) is 3.53. The largest absolute Gasteiger partial charge is 0.495 e. The average molecular weight is 421 g/mol. The van der Waals surface area contributed by atoms with Gasteiger partial charge in [-0.05, 0) is 48.2 Å². The highest BCUT2D eigenvalue weighted by Gasteiger charge is 2.18. The number of methoxy groups -OCH3 is 1. The zero-order chi connectivity index (χ0) is 21.3. The van der Waals surface area contributed by atoms with Gasteiger partial charge in [-0.3, -0.25) is 14.2 Å². The predicted octanol–water partition coefficient (Wildman–Crippen LogP) is 3.17. The second-order valence-electron chi connectivity index (χ2n) is 6.73. The van der Waals surface area contributed by atoms with E-state index in [2.05, 4.69) is 5.32 Å². The van der Waals surface area contributed by atoms with Crippen LogP contribution in [-0.2, 0) is 11.3 Å². The highest BCUT2D eigenvalue weighted by atomic mass is 32.1. The summed E-state index contributed by atoms with van der Waals surface area (Å²) >= 11 is 1.24. The third-order valence-electron chi connectivity index (χ3n) is 4.70. The van der Waals surface area contributed by atoms with Crippen LogP contribution in [0.5, 0.6) is 5.75 Å². The van der Waals surface area contributed by atoms with Crippen molar-refractivity contribution in [1.82, 2.24) is 9.13 Å². The van der Waals surface area contributed by atoms with E-state index in [4.69, 9.17) is 4.74 Å². The van der Waals surface area contributed by atoms with Gasteiger partial charge in [0.15, 0.2) is 0 Å². The molecule has 152 valence electrons. The van der Waals surface area contributed by atoms with E-state index < -0.39 is 17.2 Å². The first-order valence-corrected chi connectivity index (χ1v) is 10.1. The minimum absolute atomic E-state index is 0.240. The van der Waals surface area contributed by atoms with Crippen LogP contribution in [0.3, 0.4) is 0 Å². The van der Waals surface area contributed by atoms with Crippen molar-refractivity contribution < 1.29 is 9.53 Å². The van der Waals surface area contributed by atoms with Gasteiger partial charge in [-0.2, -0.15) is 0 Å². The molecule has 0 aliphatic heterocycles. The number of anilines is 1. The highest BCUT2D eigenvalue weighted by Crippen LogP contribution is 2.25. The Morgan fingerprint density at radius 2 is 1.87 bits per heavy atom. The summed E-state index contributed by atoms with van der Waals surface area (Å²) in [5.41, 5.74) is 1.41. The molecular weight excluding hydrogens is 402 g/mol. The first-order chi connectivity index (χ1) is 14.5. The summed E-state index contributed by atoms with van der Waals surface area (Å²) in [6, 6.07) is 15.8. The van der Waals surface area contributed by atoms with Crippen LogP contribution in [0.1, 0.15) is 5.56 Å². The molecule has 2 aromatic heterocycles. The summed E-state index contributed by atoms with van der Waals surface area (Å²) in [5.74, 6) is 0.128. The van der Waals surface area contributed by atoms with E-state index >= 15 is 0 Å². The standard InChI is InChI=1S/C22H19N3O4S/c1-14-8-9-18(29-2)16(12-14)23-19(26)13-24-17-10-11-30-20(17)21(27)25(22(24)28)15-6-4-3-5-7-15/h3-12H,13H2,1-2H3,(H,23,26). The second kappa shape index (κ2) is 8.00. The number of carbonyl (C=O) groups is 1. The molecular formula is C22H19N3O4S. The van der Waals surface area contributed by atoms with Crippen molar-refractivity contribution in [2.75, 3.05) is 12.4 Å². The SMILES string of the molecule is COc1ccc(C)cc1NC(=O)Cn1c(=O)n(-c2ccccc2)c(=O)c2sccc21. The first kappa shape index (κ1) is 19.7. The molecule has 2 aromatic carbocycles. The molecule has 1 N–H and O–H groups in total. The Balaban J connectivity index is 1.77. The summed E-state index contributed by atoms with van der Waals surface area (Å²) in [4.78, 5) is 38.9. The van der Waals surface area contributed by atoms with Crippen LogP contribution in [0.4, 0.5) is 5.69 Å². The number of para-hydroxylation sites is 1. The van der Waals surface area contributed by atoms with Crippen LogP contribution in [-0.4, -0.2) is 22.2 Å². The number of ether oxygens (including phenoxy) is 1. The van der Waals surface area contributed by atoms with Gasteiger partial charge >= 0.3 is 5.69 Å². The van der Waals surface area contributed by atoms with Crippen molar-refractivity contribution in [3.05, 3.63) is 86.4 Å². The number of fused-ring (bicyclic) bond motifs is 1. The van der Waals surface area contributed by atoms with E-state index in [1.165, 1.54) is 23.0 Å². The molecule has 0 saturated carbocycles. The Bertz CT molecular complexity index is 1350. The van der Waals surface area contributed by atoms with Crippen molar-refractivity contribution in [2.24, 2.45) is 0 Å². The van der Waals surface area contributed by atoms with Crippen LogP contribution < -0.4 is 21.3 Å². The molecule has 7 nitrogen and oxygen atoms in total. The molecule has 0 radical (unpaired) electrons. The molecule has 0 fully saturated rings. The number of amides is 1. The lowest BCUT2D eigenvalue weighted by Crippen LogP contribution is -2.40. The number of aryl methyl sites for hydroxylation is 1. The molecule has 0 unspecified atom stereocenters. The average Bonchev–Trinajstić information content (AvgIpc) is 3.22. The van der Waals surface area contributed by atoms with E-state index in [1.807, 2.05) is 13.0 Å². The van der Waals surface area contributed by atoms with E-state index in [1.54, 1.807) is 53.9 Å². The minimum atomic E-state index is -0.566. The molecule has 0 aliphatic carbocycles. The summed E-state index contributed by atoms with van der Waals surface area (Å²) in [5, 5.41) is 4.54. The van der Waals surface area contributed by atoms with Crippen molar-refractivity contribution in [2.45, 2.75) is 13.5 Å². The van der Waals surface area contributed by atoms with Crippen LogP contribution in [0.25, 0.3) is 15.9 Å². The number of aromatic nitrogens is 2. The van der Waals surface area contributed by atoms with Gasteiger partial charge in [0.1, 0.15) is 17.0 Å². The molecule has 2 heterocycles. The number of thiophene rings is 1. The maximum absolute atomic E-state index is 13.2. The number of benzene rings is 2. The van der Waals surface area contributed by atoms with Gasteiger partial charge in [-0.15, -0.1) is 11.3 Å². The zero-order valence-corrected chi connectivity index (χ0v) is 17.2. The first-order valence-electron chi connectivity index (χ1n) is 9.22. The normalized spacial score (nSPS) is 10.9. The van der Waals surface area contributed by atoms with Gasteiger partial charge in [0.05, 0.1) is 24.0 Å². The van der Waals surface area contributed by atoms with Gasteiger partial charge in [0.25, 0.3) is 5.56 Å². The van der Waals surface area contributed by atoms with E-state index in [-0.39, 0.29) is 6.54 Å². The Kier molecular flexibility index (Phi) is 5.24. The van der Waals surface area contributed by atoms with Gasteiger partial charge in [0.2, 0.25) is 5.91 Å². The van der Waals surface area contributed by atoms with Crippen LogP contribution in [0.2, 0.25) is 0 Å². The molecule has 0 aliphatic rings. The molecule has 0 atom stereocenters. The smallest absolute Gasteiger partial charge is 0.336 e. The lowest BCUT2D eigenvalue weighted by atomic mass is 10.2. The molecule has 0 spiro atoms. The van der Waals surface area contributed by atoms with Crippen molar-refractivity contribution in [1.29, 1.82) is 0 Å². The molecule has 30 heavy (non-hydrogen) atoms. The van der Waals surface area contributed by atoms with E-state index in [9.17, 15) is 14.4 Å². The van der Waals surface area contributed by atoms with Gasteiger partial charge < -0.3 is 10.1 Å². The summed E-state index contributed by atoms with van der Waals surface area (Å²) < 4.78 is 8.13. The van der Waals surface area contributed by atoms with Crippen molar-refractivity contribution in [3.63, 3.8) is 0 Å². The Morgan fingerprint density at radius 1 is 1.10 bits per heavy atom. The molecule has 0 saturated heterocycles. The predicted molar refractivity (Wildman–Crippen MR) is 118 cm³/mol. The van der Waals surface area contributed by atoms with Gasteiger partial charge in [0, 0.05) is 0 Å². The van der Waals surface area contributed by atoms with Crippen LogP contribution in [0, 0.1) is 6.92 Å². The topological polar surface area (TPSA) is 82.3 Å². The fourth-order valence-electron chi connectivity index (χ4n) is 3.30. The number of carbonyl (C=O) groups excluding carboxylic acids is 1. The fraction of sp³-hybridized carbons (Fsp3) is 0.136. The minimum Gasteiger partial charge on any atom is -0.495 e. The monoisotopic (exact) mass is 421 g/mol. The van der Waals surface area contributed by atoms with Crippen molar-refractivity contribution >= 4 is 33.1 Å². The van der Waals surface area contributed by atoms with Crippen LogP contribution in [0.15, 0.2) is 69.6 Å². The van der Waals surface area contributed by atoms with Crippen LogP contribution >= 0.6 is 11.3 Å². The number of nitrogens with zero attached hydrogens (tertiary/aromatic N) is 2. The Morgan fingerprint density at radius 3 is 2.60 bits per heavy atom. The molecule has 4 rings (SSSR count). The lowest BCUT2D eigenvalue weighted by molar-refractivity contribution is -0.116. The number of hydrogen-bond donors (Lipinski definition) is 1. The Labute approximate surface area is 175 Å². The number of hydrogen-bond acceptors (Lipinski definition) is 5. The van der Waals surface area contributed by atoms with Gasteiger partial charge in [-0.25, -0.2) is 9.36 Å². The number of rotatable bonds is 5. The summed E-state index contributed by atoms with van der Waals surface area (Å²) in [6.45, 7) is 1.67. The van der Waals surface area contributed by atoms with Crippen molar-refractivity contribution in [3.8, 4) is 11.4 Å². The molecule has 0 bridgehead atoms. The second-order valence-corrected chi connectivity index (χ2v) is 7.65. The molecule has 4 aromatic rings. The molecule has 1 amide bonds. The Hall–Kier alpha value is -3.65. The van der Waals surface area contributed by atoms with E-state index in [0.29, 0.717) is 27.3 Å². The lowest BCUT2D eigenvalue weighted by Gasteiger charge is -2.14. The number of nitrogens with one attached hydrogen (secondary N) is 1. The summed E-state index contributed by atoms with van der Waals surface area (Å²) in [6.07, 6.45) is 0. The molecule has 8 heteroatoms. The fourth-order valence-corrected chi connectivity index (χ4v) is 4.12.